The van der Waals surface area contributed by atoms with E-state index in [1.165, 1.54) is 4.70 Å². The number of hydrogen-bond donors (Lipinski definition) is 0. The minimum absolute atomic E-state index is 1.01. The van der Waals surface area contributed by atoms with Gasteiger partial charge in [-0.3, -0.25) is 4.57 Å². The van der Waals surface area contributed by atoms with Crippen molar-refractivity contribution in [1.29, 1.82) is 0 Å². The van der Waals surface area contributed by atoms with Gasteiger partial charge in [0, 0.05) is 11.3 Å². The molecular weight excluding hydrogens is 314 g/mol. The molecule has 0 atom stereocenters. The molecule has 0 fully saturated rings. The van der Waals surface area contributed by atoms with Crippen molar-refractivity contribution in [3.63, 3.8) is 0 Å². The summed E-state index contributed by atoms with van der Waals surface area (Å²) in [5.74, 6) is 0. The van der Waals surface area contributed by atoms with E-state index in [0.29, 0.717) is 0 Å². The van der Waals surface area contributed by atoms with Crippen LogP contribution in [0, 0.1) is 0 Å². The van der Waals surface area contributed by atoms with E-state index in [0.717, 1.165) is 32.8 Å². The largest absolute Gasteiger partial charge is 0.299 e. The average molecular weight is 327 g/mol. The molecule has 114 valence electrons. The Bertz CT molecular complexity index is 1120. The van der Waals surface area contributed by atoms with Crippen molar-refractivity contribution in [2.24, 2.45) is 0 Å². The molecule has 2 heterocycles. The average Bonchev–Trinajstić information content (AvgIpc) is 3.26. The fourth-order valence-electron chi connectivity index (χ4n) is 2.93. The molecule has 3 nitrogen and oxygen atoms in total. The van der Waals surface area contributed by atoms with Crippen molar-refractivity contribution < 1.29 is 0 Å². The summed E-state index contributed by atoms with van der Waals surface area (Å²) in [6, 6.07) is 24.9. The Balaban J connectivity index is 1.57. The highest BCUT2D eigenvalue weighted by Gasteiger charge is 2.07. The zero-order valence-electron chi connectivity index (χ0n) is 12.8. The van der Waals surface area contributed by atoms with Crippen LogP contribution in [-0.2, 0) is 0 Å². The predicted molar refractivity (Wildman–Crippen MR) is 99.7 cm³/mol. The number of para-hydroxylation sites is 3. The molecule has 0 spiro atoms. The third-order valence-corrected chi connectivity index (χ3v) is 5.23. The normalized spacial score (nSPS) is 11.3. The van der Waals surface area contributed by atoms with Crippen molar-refractivity contribution in [3.8, 4) is 16.3 Å². The van der Waals surface area contributed by atoms with Crippen molar-refractivity contribution in [2.45, 2.75) is 0 Å². The van der Waals surface area contributed by atoms with Crippen LogP contribution < -0.4 is 0 Å². The summed E-state index contributed by atoms with van der Waals surface area (Å²) in [6.45, 7) is 0. The molecule has 0 saturated heterocycles. The fourth-order valence-corrected chi connectivity index (χ4v) is 3.90. The third-order valence-electron chi connectivity index (χ3n) is 4.14. The van der Waals surface area contributed by atoms with Gasteiger partial charge in [0.1, 0.15) is 11.3 Å². The standard InChI is InChI=1S/C20H13N3S/c1-3-7-18-16(5-1)21-13-23(18)15-11-9-14(10-12-15)20-22-17-6-2-4-8-19(17)24-20/h1-13H. The van der Waals surface area contributed by atoms with E-state index in [1.807, 2.05) is 30.6 Å². The predicted octanol–water partition coefficient (Wildman–Crippen LogP) is 5.30. The van der Waals surface area contributed by atoms with Gasteiger partial charge >= 0.3 is 0 Å². The van der Waals surface area contributed by atoms with Crippen molar-refractivity contribution in [2.75, 3.05) is 0 Å². The number of aromatic nitrogens is 3. The zero-order chi connectivity index (χ0) is 15.9. The van der Waals surface area contributed by atoms with Gasteiger partial charge in [-0.25, -0.2) is 9.97 Å². The Kier molecular flexibility index (Phi) is 2.96. The number of hydrogen-bond acceptors (Lipinski definition) is 3. The Morgan fingerprint density at radius 1 is 0.750 bits per heavy atom. The van der Waals surface area contributed by atoms with Gasteiger partial charge in [0.25, 0.3) is 0 Å². The number of imidazole rings is 1. The molecule has 3 aromatic carbocycles. The van der Waals surface area contributed by atoms with Crippen LogP contribution in [0.25, 0.3) is 37.5 Å². The van der Waals surface area contributed by atoms with Gasteiger partial charge in [0.2, 0.25) is 0 Å². The van der Waals surface area contributed by atoms with Crippen LogP contribution in [0.5, 0.6) is 0 Å². The smallest absolute Gasteiger partial charge is 0.124 e. The Hall–Kier alpha value is -2.98. The summed E-state index contributed by atoms with van der Waals surface area (Å²) in [7, 11) is 0. The van der Waals surface area contributed by atoms with Crippen LogP contribution in [-0.4, -0.2) is 14.5 Å². The van der Waals surface area contributed by atoms with E-state index in [2.05, 4.69) is 58.1 Å². The first-order chi connectivity index (χ1) is 11.9. The van der Waals surface area contributed by atoms with Crippen molar-refractivity contribution in [1.82, 2.24) is 14.5 Å². The topological polar surface area (TPSA) is 30.7 Å². The van der Waals surface area contributed by atoms with Gasteiger partial charge in [-0.1, -0.05) is 24.3 Å². The monoisotopic (exact) mass is 327 g/mol. The molecule has 0 unspecified atom stereocenters. The minimum atomic E-state index is 1.01. The molecule has 0 amide bonds. The third kappa shape index (κ3) is 2.12. The molecule has 24 heavy (non-hydrogen) atoms. The molecule has 4 heteroatoms. The molecule has 0 bridgehead atoms. The van der Waals surface area contributed by atoms with Gasteiger partial charge in [0.15, 0.2) is 0 Å². The maximum absolute atomic E-state index is 4.72. The van der Waals surface area contributed by atoms with E-state index in [4.69, 9.17) is 4.98 Å². The molecule has 5 rings (SSSR count). The molecule has 0 N–H and O–H groups in total. The second kappa shape index (κ2) is 5.28. The molecular formula is C20H13N3S. The Labute approximate surface area is 142 Å². The lowest BCUT2D eigenvalue weighted by atomic mass is 10.2. The second-order valence-electron chi connectivity index (χ2n) is 5.64. The van der Waals surface area contributed by atoms with E-state index in [9.17, 15) is 0 Å². The van der Waals surface area contributed by atoms with Gasteiger partial charge in [0.05, 0.1) is 21.3 Å². The molecule has 0 aliphatic carbocycles. The number of thiazole rings is 1. The quantitative estimate of drug-likeness (QED) is 0.440. The molecule has 0 radical (unpaired) electrons. The van der Waals surface area contributed by atoms with Crippen LogP contribution in [0.4, 0.5) is 0 Å². The van der Waals surface area contributed by atoms with Crippen LogP contribution in [0.15, 0.2) is 79.1 Å². The Morgan fingerprint density at radius 3 is 2.33 bits per heavy atom. The van der Waals surface area contributed by atoms with Gasteiger partial charge in [-0.2, -0.15) is 0 Å². The van der Waals surface area contributed by atoms with E-state index >= 15 is 0 Å². The maximum Gasteiger partial charge on any atom is 0.124 e. The summed E-state index contributed by atoms with van der Waals surface area (Å²) in [6.07, 6.45) is 1.87. The summed E-state index contributed by atoms with van der Waals surface area (Å²) < 4.78 is 3.33. The highest BCUT2D eigenvalue weighted by atomic mass is 32.1. The summed E-state index contributed by atoms with van der Waals surface area (Å²) >= 11 is 1.73. The van der Waals surface area contributed by atoms with Crippen LogP contribution in [0.1, 0.15) is 0 Å². The lowest BCUT2D eigenvalue weighted by Crippen LogP contribution is -1.91. The summed E-state index contributed by atoms with van der Waals surface area (Å²) in [4.78, 5) is 9.18. The highest BCUT2D eigenvalue weighted by molar-refractivity contribution is 7.21. The maximum atomic E-state index is 4.72. The van der Waals surface area contributed by atoms with Gasteiger partial charge in [-0.05, 0) is 48.5 Å². The lowest BCUT2D eigenvalue weighted by molar-refractivity contribution is 1.09. The first-order valence-electron chi connectivity index (χ1n) is 7.77. The summed E-state index contributed by atoms with van der Waals surface area (Å²) in [5.41, 5.74) is 5.43. The molecule has 2 aromatic heterocycles. The second-order valence-corrected chi connectivity index (χ2v) is 6.67. The van der Waals surface area contributed by atoms with Crippen LogP contribution >= 0.6 is 11.3 Å². The molecule has 0 saturated carbocycles. The van der Waals surface area contributed by atoms with Crippen LogP contribution in [0.2, 0.25) is 0 Å². The van der Waals surface area contributed by atoms with Gasteiger partial charge in [-0.15, -0.1) is 11.3 Å². The highest BCUT2D eigenvalue weighted by Crippen LogP contribution is 2.30. The SMILES string of the molecule is c1ccc2sc(-c3ccc(-n4cnc5ccccc54)cc3)nc2c1. The minimum Gasteiger partial charge on any atom is -0.299 e. The van der Waals surface area contributed by atoms with E-state index in [1.54, 1.807) is 11.3 Å². The Morgan fingerprint density at radius 2 is 1.50 bits per heavy atom. The van der Waals surface area contributed by atoms with Crippen molar-refractivity contribution in [3.05, 3.63) is 79.1 Å². The lowest BCUT2D eigenvalue weighted by Gasteiger charge is -2.05. The van der Waals surface area contributed by atoms with E-state index in [-0.39, 0.29) is 0 Å². The zero-order valence-corrected chi connectivity index (χ0v) is 13.6. The van der Waals surface area contributed by atoms with E-state index < -0.39 is 0 Å². The van der Waals surface area contributed by atoms with Crippen LogP contribution in [0.3, 0.4) is 0 Å². The number of nitrogens with zero attached hydrogens (tertiary/aromatic N) is 3. The molecule has 5 aromatic rings. The fraction of sp³-hybridized carbons (Fsp3) is 0. The summed E-state index contributed by atoms with van der Waals surface area (Å²) in [5, 5.41) is 1.05. The first-order valence-corrected chi connectivity index (χ1v) is 8.59. The molecule has 0 aliphatic heterocycles. The first kappa shape index (κ1) is 13.5. The number of benzene rings is 3. The molecule has 0 aliphatic rings. The van der Waals surface area contributed by atoms with Gasteiger partial charge < -0.3 is 0 Å². The number of fused-ring (bicyclic) bond motifs is 2. The number of rotatable bonds is 2. The van der Waals surface area contributed by atoms with Crippen molar-refractivity contribution >= 4 is 32.6 Å².